The molecule has 0 radical (unpaired) electrons. The monoisotopic (exact) mass is 200 g/mol. The molecule has 0 amide bonds. The van der Waals surface area contributed by atoms with E-state index in [1.165, 1.54) is 0 Å². The summed E-state index contributed by atoms with van der Waals surface area (Å²) in [5.74, 6) is 0. The molecular weight excluding hydrogens is 196 g/mol. The van der Waals surface area contributed by atoms with Gasteiger partial charge in [-0.25, -0.2) is 0 Å². The van der Waals surface area contributed by atoms with E-state index in [4.69, 9.17) is 20.7 Å². The number of hydrogen-bond acceptors (Lipinski definition) is 4. The van der Waals surface area contributed by atoms with Gasteiger partial charge in [0.25, 0.3) is 12.5 Å². The molecule has 0 spiro atoms. The summed E-state index contributed by atoms with van der Waals surface area (Å²) in [5.41, 5.74) is 0. The minimum atomic E-state index is 0. The summed E-state index contributed by atoms with van der Waals surface area (Å²) in [4.78, 5) is 0. The molecule has 0 atom stereocenters. The van der Waals surface area contributed by atoms with Gasteiger partial charge in [-0.15, -0.1) is 0 Å². The smallest absolute Gasteiger partial charge is 0.283 e. The van der Waals surface area contributed by atoms with Gasteiger partial charge in [0.1, 0.15) is 0 Å². The van der Waals surface area contributed by atoms with E-state index in [-0.39, 0.29) is 27.3 Å². The Morgan fingerprint density at radius 1 is 1.00 bits per heavy atom. The number of aliphatic hydroxyl groups excluding tert-OH is 2. The van der Waals surface area contributed by atoms with Crippen LogP contribution in [0.25, 0.3) is 0 Å². The summed E-state index contributed by atoms with van der Waals surface area (Å²) in [6.07, 6.45) is 1.50. The average Bonchev–Trinajstić information content (AvgIpc) is 1.39. The second kappa shape index (κ2) is 49.4. The molecule has 0 unspecified atom stereocenters. The molecule has 0 saturated heterocycles. The molecule has 0 bridgehead atoms. The number of nitriles is 2. The van der Waals surface area contributed by atoms with Gasteiger partial charge in [-0.3, -0.25) is 0 Å². The molecule has 0 fully saturated rings. The molecule has 0 aliphatic rings. The summed E-state index contributed by atoms with van der Waals surface area (Å²) in [6.45, 7) is 0. The maximum Gasteiger partial charge on any atom is 0.283 e. The standard InChI is InChI=1S/2CHNO.Cd/c2*2-1-3;/h2*3H;. The van der Waals surface area contributed by atoms with Gasteiger partial charge < -0.3 is 10.2 Å². The first-order valence-corrected chi connectivity index (χ1v) is 0.894. The Morgan fingerprint density at radius 2 is 1.00 bits per heavy atom. The van der Waals surface area contributed by atoms with Gasteiger partial charge in [0.15, 0.2) is 0 Å². The first-order valence-electron chi connectivity index (χ1n) is 0.894. The van der Waals surface area contributed by atoms with Crippen LogP contribution in [-0.4, -0.2) is 10.2 Å². The van der Waals surface area contributed by atoms with E-state index in [9.17, 15) is 0 Å². The summed E-state index contributed by atoms with van der Waals surface area (Å²) < 4.78 is 0. The summed E-state index contributed by atoms with van der Waals surface area (Å²) in [5, 5.41) is 27.5. The Balaban J connectivity index is -0.0000000400. The molecule has 0 aromatic heterocycles. The number of hydrogen-bond donors (Lipinski definition) is 2. The van der Waals surface area contributed by atoms with E-state index < -0.39 is 0 Å². The van der Waals surface area contributed by atoms with Crippen LogP contribution in [0.5, 0.6) is 0 Å². The van der Waals surface area contributed by atoms with Crippen molar-refractivity contribution in [2.24, 2.45) is 0 Å². The van der Waals surface area contributed by atoms with Crippen molar-refractivity contribution in [3.8, 4) is 12.5 Å². The van der Waals surface area contributed by atoms with Crippen LogP contribution in [0, 0.1) is 23.0 Å². The van der Waals surface area contributed by atoms with Crippen molar-refractivity contribution < 1.29 is 37.5 Å². The maximum absolute atomic E-state index is 6.88. The van der Waals surface area contributed by atoms with Gasteiger partial charge in [0.05, 0.1) is 0 Å². The summed E-state index contributed by atoms with van der Waals surface area (Å²) in [7, 11) is 0. The quantitative estimate of drug-likeness (QED) is 0.412. The Morgan fingerprint density at radius 3 is 1.00 bits per heavy atom. The molecule has 0 aliphatic carbocycles. The molecule has 0 rings (SSSR count). The van der Waals surface area contributed by atoms with Crippen molar-refractivity contribution in [2.75, 3.05) is 0 Å². The van der Waals surface area contributed by atoms with Gasteiger partial charge in [-0.1, -0.05) is 0 Å². The Hall–Kier alpha value is -0.498. The molecule has 5 heteroatoms. The van der Waals surface area contributed by atoms with Crippen molar-refractivity contribution in [3.63, 3.8) is 0 Å². The van der Waals surface area contributed by atoms with E-state index in [2.05, 4.69) is 0 Å². The summed E-state index contributed by atoms with van der Waals surface area (Å²) in [6, 6.07) is 0. The van der Waals surface area contributed by atoms with Crippen LogP contribution >= 0.6 is 0 Å². The molecule has 0 saturated carbocycles. The SMILES string of the molecule is N#CO.N#CO.[Cd]. The van der Waals surface area contributed by atoms with Crippen LogP contribution in [0.4, 0.5) is 0 Å². The molecule has 0 aromatic rings. The van der Waals surface area contributed by atoms with Gasteiger partial charge in [-0.2, -0.15) is 10.5 Å². The Bertz CT molecular complexity index is 68.7. The van der Waals surface area contributed by atoms with Crippen LogP contribution in [0.1, 0.15) is 0 Å². The second-order valence-corrected chi connectivity index (χ2v) is 0.200. The van der Waals surface area contributed by atoms with E-state index in [0.29, 0.717) is 0 Å². The second-order valence-electron chi connectivity index (χ2n) is 0.200. The van der Waals surface area contributed by atoms with Crippen molar-refractivity contribution in [3.05, 3.63) is 0 Å². The number of nitrogens with zero attached hydrogens (tertiary/aromatic N) is 2. The molecule has 0 aromatic carbocycles. The molecular formula is C2H2CdN2O2. The molecule has 0 aliphatic heterocycles. The predicted molar refractivity (Wildman–Crippen MR) is 15.1 cm³/mol. The third-order valence-electron chi connectivity index (χ3n) is 0. The minimum Gasteiger partial charge on any atom is -0.443 e. The third-order valence-corrected chi connectivity index (χ3v) is 0. The van der Waals surface area contributed by atoms with Crippen LogP contribution in [0.3, 0.4) is 0 Å². The van der Waals surface area contributed by atoms with Crippen LogP contribution in [-0.2, 0) is 27.3 Å². The van der Waals surface area contributed by atoms with Crippen molar-refractivity contribution in [1.82, 2.24) is 0 Å². The fraction of sp³-hybridized carbons (Fsp3) is 0. The Kier molecular flexibility index (Phi) is 113. The van der Waals surface area contributed by atoms with E-state index in [0.717, 1.165) is 12.5 Å². The van der Waals surface area contributed by atoms with Crippen molar-refractivity contribution in [1.29, 1.82) is 10.5 Å². The van der Waals surface area contributed by atoms with Crippen molar-refractivity contribution in [2.45, 2.75) is 0 Å². The van der Waals surface area contributed by atoms with Crippen LogP contribution in [0.15, 0.2) is 0 Å². The van der Waals surface area contributed by atoms with Crippen molar-refractivity contribution >= 4 is 0 Å². The fourth-order valence-electron chi connectivity index (χ4n) is 0. The zero-order valence-corrected chi connectivity index (χ0v) is 7.53. The minimum absolute atomic E-state index is 0. The first-order chi connectivity index (χ1) is 2.83. The zero-order chi connectivity index (χ0) is 5.41. The summed E-state index contributed by atoms with van der Waals surface area (Å²) >= 11 is 0. The van der Waals surface area contributed by atoms with E-state index in [1.54, 1.807) is 0 Å². The van der Waals surface area contributed by atoms with Gasteiger partial charge >= 0.3 is 0 Å². The fourth-order valence-corrected chi connectivity index (χ4v) is 0. The molecule has 2 N–H and O–H groups in total. The largest absolute Gasteiger partial charge is 0.443 e. The van der Waals surface area contributed by atoms with Gasteiger partial charge in [0, 0.05) is 27.3 Å². The average molecular weight is 198 g/mol. The first kappa shape index (κ1) is 16.0. The zero-order valence-electron chi connectivity index (χ0n) is 3.50. The van der Waals surface area contributed by atoms with Crippen LogP contribution in [0.2, 0.25) is 0 Å². The predicted octanol–water partition coefficient (Wildman–Crippen LogP) is -0.323. The third kappa shape index (κ3) is 272. The molecule has 0 heterocycles. The molecule has 34 valence electrons. The number of rotatable bonds is 0. The Labute approximate surface area is 60.8 Å². The van der Waals surface area contributed by atoms with Gasteiger partial charge in [0.2, 0.25) is 0 Å². The van der Waals surface area contributed by atoms with E-state index >= 15 is 0 Å². The normalized spacial score (nSPS) is 2.00. The molecule has 4 nitrogen and oxygen atoms in total. The number of aliphatic hydroxyl groups is 2. The maximum atomic E-state index is 6.88. The van der Waals surface area contributed by atoms with E-state index in [1.807, 2.05) is 0 Å². The van der Waals surface area contributed by atoms with Crippen LogP contribution < -0.4 is 0 Å². The topological polar surface area (TPSA) is 88.0 Å². The van der Waals surface area contributed by atoms with Gasteiger partial charge in [-0.05, 0) is 0 Å². The molecule has 7 heavy (non-hydrogen) atoms.